The van der Waals surface area contributed by atoms with Gasteiger partial charge in [-0.3, -0.25) is 4.57 Å². The van der Waals surface area contributed by atoms with Gasteiger partial charge < -0.3 is 14.6 Å². The fourth-order valence-corrected chi connectivity index (χ4v) is 3.51. The highest BCUT2D eigenvalue weighted by molar-refractivity contribution is 6.31. The zero-order valence-electron chi connectivity index (χ0n) is 18.5. The Morgan fingerprint density at radius 1 is 1.25 bits per heavy atom. The van der Waals surface area contributed by atoms with Gasteiger partial charge >= 0.3 is 11.9 Å². The molecular weight excluding hydrogens is 514 g/mol. The average molecular weight is 530 g/mol. The van der Waals surface area contributed by atoms with E-state index in [2.05, 4.69) is 25.3 Å². The first-order valence-electron chi connectivity index (χ1n) is 10.2. The lowest BCUT2D eigenvalue weighted by Gasteiger charge is -2.15. The molecule has 4 heterocycles. The number of aryl methyl sites for hydroxylation is 1. The van der Waals surface area contributed by atoms with Crippen molar-refractivity contribution >= 4 is 22.4 Å². The minimum atomic E-state index is -4.78. The molecule has 0 fully saturated rings. The molecule has 0 aliphatic carbocycles. The summed E-state index contributed by atoms with van der Waals surface area (Å²) in [6.45, 7) is 0.830. The van der Waals surface area contributed by atoms with Gasteiger partial charge in [0.2, 0.25) is 5.88 Å². The van der Waals surface area contributed by atoms with E-state index in [1.807, 2.05) is 0 Å². The van der Waals surface area contributed by atoms with Crippen LogP contribution in [0.4, 0.5) is 17.6 Å². The van der Waals surface area contributed by atoms with Gasteiger partial charge in [0.25, 0.3) is 5.88 Å². The molecule has 0 saturated carbocycles. The Balaban J connectivity index is 1.98. The summed E-state index contributed by atoms with van der Waals surface area (Å²) in [5.41, 5.74) is -0.393. The first-order valence-corrected chi connectivity index (χ1v) is 10.6. The molecule has 0 spiro atoms. The van der Waals surface area contributed by atoms with E-state index in [1.165, 1.54) is 6.20 Å². The maximum atomic E-state index is 15.6. The van der Waals surface area contributed by atoms with Crippen LogP contribution in [0, 0.1) is 12.7 Å². The molecule has 1 N–H and O–H groups in total. The molecule has 0 unspecified atom stereocenters. The largest absolute Gasteiger partial charge is 0.467 e. The number of fused-ring (bicyclic) bond motifs is 1. The van der Waals surface area contributed by atoms with Crippen molar-refractivity contribution in [2.75, 3.05) is 6.61 Å². The normalized spacial score (nSPS) is 11.8. The van der Waals surface area contributed by atoms with Gasteiger partial charge in [0.1, 0.15) is 12.0 Å². The van der Waals surface area contributed by atoms with E-state index < -0.39 is 59.2 Å². The van der Waals surface area contributed by atoms with Crippen LogP contribution in [0.3, 0.4) is 0 Å². The number of nitrogens with zero attached hydrogens (tertiary/aromatic N) is 7. The quantitative estimate of drug-likeness (QED) is 0.283. The van der Waals surface area contributed by atoms with E-state index in [-0.39, 0.29) is 23.3 Å². The van der Waals surface area contributed by atoms with Crippen LogP contribution in [-0.2, 0) is 13.2 Å². The van der Waals surface area contributed by atoms with E-state index in [0.717, 1.165) is 10.8 Å². The van der Waals surface area contributed by atoms with E-state index in [9.17, 15) is 23.1 Å². The Kier molecular flexibility index (Phi) is 6.77. The number of pyridine rings is 2. The molecule has 4 aromatic rings. The molecule has 16 heteroatoms. The van der Waals surface area contributed by atoms with Crippen molar-refractivity contribution in [2.45, 2.75) is 33.2 Å². The maximum absolute atomic E-state index is 15.6. The molecule has 0 bridgehead atoms. The lowest BCUT2D eigenvalue weighted by Crippen LogP contribution is -2.26. The number of hydrogen-bond acceptors (Lipinski definition) is 9. The zero-order chi connectivity index (χ0) is 26.2. The minimum Gasteiger partial charge on any atom is -0.467 e. The number of rotatable bonds is 7. The summed E-state index contributed by atoms with van der Waals surface area (Å²) < 4.78 is 66.7. The molecular formula is C20H16ClF4N7O4. The number of hydrogen-bond donors (Lipinski definition) is 1. The molecule has 190 valence electrons. The zero-order valence-corrected chi connectivity index (χ0v) is 19.3. The number of aliphatic hydroxyl groups excluding tert-OH is 1. The van der Waals surface area contributed by atoms with Crippen molar-refractivity contribution < 1.29 is 32.1 Å². The Morgan fingerprint density at radius 3 is 2.61 bits per heavy atom. The summed E-state index contributed by atoms with van der Waals surface area (Å²) in [6.07, 6.45) is -2.48. The van der Waals surface area contributed by atoms with Crippen LogP contribution in [0.5, 0.6) is 17.5 Å². The van der Waals surface area contributed by atoms with Crippen molar-refractivity contribution in [2.24, 2.45) is 0 Å². The predicted octanol–water partition coefficient (Wildman–Crippen LogP) is 3.11. The van der Waals surface area contributed by atoms with Crippen molar-refractivity contribution in [1.29, 1.82) is 0 Å². The van der Waals surface area contributed by atoms with Crippen LogP contribution >= 0.6 is 11.6 Å². The molecule has 0 saturated heterocycles. The van der Waals surface area contributed by atoms with E-state index in [0.29, 0.717) is 10.2 Å². The van der Waals surface area contributed by atoms with Gasteiger partial charge in [-0.2, -0.15) is 27.9 Å². The minimum absolute atomic E-state index is 0.00211. The molecule has 0 amide bonds. The van der Waals surface area contributed by atoms with Gasteiger partial charge in [-0.15, -0.1) is 10.2 Å². The van der Waals surface area contributed by atoms with Crippen LogP contribution in [0.1, 0.15) is 18.3 Å². The van der Waals surface area contributed by atoms with E-state index in [1.54, 1.807) is 19.9 Å². The van der Waals surface area contributed by atoms with Crippen molar-refractivity contribution in [3.63, 3.8) is 0 Å². The monoisotopic (exact) mass is 529 g/mol. The van der Waals surface area contributed by atoms with Crippen LogP contribution in [0.15, 0.2) is 23.3 Å². The van der Waals surface area contributed by atoms with Gasteiger partial charge in [-0.1, -0.05) is 11.6 Å². The Hall–Kier alpha value is -3.85. The number of ether oxygens (including phenoxy) is 2. The molecule has 0 aliphatic rings. The fraction of sp³-hybridized carbons (Fsp3) is 0.300. The van der Waals surface area contributed by atoms with E-state index >= 15 is 4.39 Å². The SMILES string of the molecule is CCn1c(CO)nn(-c2nc(OCC(F)(F)F)c3c(Oc4c(C)ccnc4Cl)nncc3c2F)c1=O. The second-order valence-electron chi connectivity index (χ2n) is 7.26. The molecule has 0 radical (unpaired) electrons. The van der Waals surface area contributed by atoms with Gasteiger partial charge in [-0.05, 0) is 25.5 Å². The highest BCUT2D eigenvalue weighted by Gasteiger charge is 2.31. The first kappa shape index (κ1) is 25.2. The molecule has 0 aromatic carbocycles. The van der Waals surface area contributed by atoms with Crippen LogP contribution in [0.25, 0.3) is 16.6 Å². The molecule has 4 rings (SSSR count). The molecule has 0 aliphatic heterocycles. The van der Waals surface area contributed by atoms with Crippen LogP contribution < -0.4 is 15.2 Å². The van der Waals surface area contributed by atoms with Crippen LogP contribution in [-0.4, -0.2) is 52.4 Å². The number of aromatic nitrogens is 7. The van der Waals surface area contributed by atoms with Crippen LogP contribution in [0.2, 0.25) is 5.15 Å². The maximum Gasteiger partial charge on any atom is 0.422 e. The summed E-state index contributed by atoms with van der Waals surface area (Å²) in [5, 5.41) is 19.8. The Bertz CT molecular complexity index is 1490. The second-order valence-corrected chi connectivity index (χ2v) is 7.62. The van der Waals surface area contributed by atoms with E-state index in [4.69, 9.17) is 21.1 Å². The lowest BCUT2D eigenvalue weighted by molar-refractivity contribution is -0.153. The number of halogens is 5. The van der Waals surface area contributed by atoms with Gasteiger partial charge in [0.05, 0.1) is 11.6 Å². The lowest BCUT2D eigenvalue weighted by atomic mass is 10.2. The second kappa shape index (κ2) is 9.66. The summed E-state index contributed by atoms with van der Waals surface area (Å²) in [5.74, 6) is -3.29. The Morgan fingerprint density at radius 2 is 2.00 bits per heavy atom. The highest BCUT2D eigenvalue weighted by Crippen LogP contribution is 2.38. The average Bonchev–Trinajstić information content (AvgIpc) is 3.15. The summed E-state index contributed by atoms with van der Waals surface area (Å²) in [7, 11) is 0. The highest BCUT2D eigenvalue weighted by atomic mass is 35.5. The molecule has 4 aromatic heterocycles. The van der Waals surface area contributed by atoms with Crippen molar-refractivity contribution in [1.82, 2.24) is 34.5 Å². The van der Waals surface area contributed by atoms with Crippen molar-refractivity contribution in [3.05, 3.63) is 51.3 Å². The molecule has 0 atom stereocenters. The van der Waals surface area contributed by atoms with Gasteiger partial charge in [-0.25, -0.2) is 14.2 Å². The standard InChI is InChI=1S/C20H16ClF4N7O4/c1-3-31-11(7-33)30-32(19(31)34)16-13(22)10-6-27-29-18(36-14-9(2)4-5-26-15(14)21)12(10)17(28-16)35-8-20(23,24)25/h4-6,33H,3,7-8H2,1-2H3. The number of alkyl halides is 3. The fourth-order valence-electron chi connectivity index (χ4n) is 3.27. The first-order chi connectivity index (χ1) is 17.1. The molecule has 36 heavy (non-hydrogen) atoms. The third-order valence-electron chi connectivity index (χ3n) is 4.90. The smallest absolute Gasteiger partial charge is 0.422 e. The predicted molar refractivity (Wildman–Crippen MR) is 116 cm³/mol. The molecule has 11 nitrogen and oxygen atoms in total. The summed E-state index contributed by atoms with van der Waals surface area (Å²) >= 11 is 6.07. The summed E-state index contributed by atoms with van der Waals surface area (Å²) in [4.78, 5) is 20.4. The third kappa shape index (κ3) is 4.66. The summed E-state index contributed by atoms with van der Waals surface area (Å²) in [6, 6.07) is 1.55. The third-order valence-corrected chi connectivity index (χ3v) is 5.17. The topological polar surface area (TPSA) is 130 Å². The van der Waals surface area contributed by atoms with Gasteiger partial charge in [0.15, 0.2) is 35.0 Å². The van der Waals surface area contributed by atoms with Crippen molar-refractivity contribution in [3.8, 4) is 23.3 Å². The van der Waals surface area contributed by atoms with Gasteiger partial charge in [0, 0.05) is 12.7 Å². The number of aliphatic hydroxyl groups is 1. The Labute approximate surface area is 203 Å².